The maximum absolute atomic E-state index is 12.2. The van der Waals surface area contributed by atoms with E-state index in [1.807, 2.05) is 12.1 Å². The van der Waals surface area contributed by atoms with E-state index in [1.165, 1.54) is 41.5 Å². The molecule has 0 bridgehead atoms. The van der Waals surface area contributed by atoms with Crippen LogP contribution in [-0.4, -0.2) is 39.1 Å². The number of fused-ring (bicyclic) bond motifs is 2. The van der Waals surface area contributed by atoms with Gasteiger partial charge in [0.1, 0.15) is 6.61 Å². The van der Waals surface area contributed by atoms with E-state index < -0.39 is 6.09 Å². The van der Waals surface area contributed by atoms with E-state index in [9.17, 15) is 4.79 Å². The molecular weight excluding hydrogens is 402 g/mol. The van der Waals surface area contributed by atoms with Crippen molar-refractivity contribution < 1.29 is 19.0 Å². The lowest BCUT2D eigenvalue weighted by molar-refractivity contribution is 0.0467. The quantitative estimate of drug-likeness (QED) is 0.443. The van der Waals surface area contributed by atoms with E-state index >= 15 is 0 Å². The van der Waals surface area contributed by atoms with E-state index in [0.29, 0.717) is 26.4 Å². The van der Waals surface area contributed by atoms with Crippen molar-refractivity contribution in [2.75, 3.05) is 33.0 Å². The van der Waals surface area contributed by atoms with E-state index in [4.69, 9.17) is 14.2 Å². The van der Waals surface area contributed by atoms with Crippen molar-refractivity contribution >= 4 is 29.0 Å². The largest absolute Gasteiger partial charge is 0.445 e. The molecule has 3 rings (SSSR count). The summed E-state index contributed by atoms with van der Waals surface area (Å²) in [7, 11) is 0. The molecule has 1 N–H and O–H groups in total. The smallest absolute Gasteiger partial charge is 0.407 e. The summed E-state index contributed by atoms with van der Waals surface area (Å²) in [5, 5.41) is 7.50. The van der Waals surface area contributed by atoms with Crippen LogP contribution in [-0.2, 0) is 20.8 Å². The number of benzene rings is 2. The minimum atomic E-state index is -0.418. The monoisotopic (exact) mass is 439 g/mol. The maximum atomic E-state index is 12.2. The van der Waals surface area contributed by atoms with Gasteiger partial charge < -0.3 is 19.5 Å². The molecule has 0 fully saturated rings. The average Bonchev–Trinajstić information content (AvgIpc) is 2.82. The SMILES string of the molecule is CCCCCCCOCCOCCNC(=O)OCc1c2c(cc3ccccc13)=CCCC=2. The highest BCUT2D eigenvalue weighted by molar-refractivity contribution is 5.86. The van der Waals surface area contributed by atoms with Gasteiger partial charge in [-0.15, -0.1) is 0 Å². The Labute approximate surface area is 191 Å². The molecule has 1 aliphatic rings. The zero-order valence-corrected chi connectivity index (χ0v) is 19.4. The fourth-order valence-electron chi connectivity index (χ4n) is 4.04. The van der Waals surface area contributed by atoms with E-state index in [0.717, 1.165) is 36.8 Å². The van der Waals surface area contributed by atoms with Gasteiger partial charge in [0.15, 0.2) is 0 Å². The zero-order valence-electron chi connectivity index (χ0n) is 19.4. The van der Waals surface area contributed by atoms with Crippen LogP contribution < -0.4 is 15.8 Å². The summed E-state index contributed by atoms with van der Waals surface area (Å²) in [6.45, 7) is 5.28. The Morgan fingerprint density at radius 3 is 2.59 bits per heavy atom. The van der Waals surface area contributed by atoms with Crippen LogP contribution in [0, 0.1) is 0 Å². The second kappa shape index (κ2) is 13.9. The molecule has 0 saturated carbocycles. The molecule has 0 aromatic heterocycles. The first-order valence-electron chi connectivity index (χ1n) is 12.1. The summed E-state index contributed by atoms with van der Waals surface area (Å²) in [5.41, 5.74) is 1.08. The average molecular weight is 440 g/mol. The first kappa shape index (κ1) is 24.3. The summed E-state index contributed by atoms with van der Waals surface area (Å²) in [6, 6.07) is 10.5. The third kappa shape index (κ3) is 7.64. The van der Waals surface area contributed by atoms with Crippen molar-refractivity contribution in [1.29, 1.82) is 0 Å². The minimum absolute atomic E-state index is 0.257. The number of hydrogen-bond donors (Lipinski definition) is 1. The van der Waals surface area contributed by atoms with Crippen molar-refractivity contribution in [3.63, 3.8) is 0 Å². The Balaban J connectivity index is 1.34. The molecule has 1 aliphatic carbocycles. The van der Waals surface area contributed by atoms with Crippen molar-refractivity contribution in [3.8, 4) is 0 Å². The van der Waals surface area contributed by atoms with Gasteiger partial charge in [0.25, 0.3) is 0 Å². The number of rotatable bonds is 14. The number of alkyl carbamates (subject to hydrolysis) is 1. The summed E-state index contributed by atoms with van der Waals surface area (Å²) in [4.78, 5) is 12.2. The fourth-order valence-corrected chi connectivity index (χ4v) is 4.04. The molecule has 5 heteroatoms. The predicted octanol–water partition coefficient (Wildman–Crippen LogP) is 4.42. The van der Waals surface area contributed by atoms with Crippen LogP contribution in [0.2, 0.25) is 0 Å². The summed E-state index contributed by atoms with van der Waals surface area (Å²) < 4.78 is 16.6. The van der Waals surface area contributed by atoms with Gasteiger partial charge in [0, 0.05) is 18.7 Å². The van der Waals surface area contributed by atoms with Crippen LogP contribution in [0.1, 0.15) is 57.4 Å². The number of amides is 1. The third-order valence-corrected chi connectivity index (χ3v) is 5.74. The lowest BCUT2D eigenvalue weighted by Gasteiger charge is -2.13. The summed E-state index contributed by atoms with van der Waals surface area (Å²) in [5.74, 6) is 0. The van der Waals surface area contributed by atoms with Gasteiger partial charge in [0.2, 0.25) is 0 Å². The highest BCUT2D eigenvalue weighted by Gasteiger charge is 2.10. The zero-order chi connectivity index (χ0) is 22.4. The Morgan fingerprint density at radius 2 is 1.72 bits per heavy atom. The van der Waals surface area contributed by atoms with Gasteiger partial charge in [-0.3, -0.25) is 0 Å². The summed E-state index contributed by atoms with van der Waals surface area (Å²) >= 11 is 0. The standard InChI is InChI=1S/C27H37NO4/c1-2-3-4-5-10-16-30-18-19-31-17-15-28-27(29)32-21-26-24-13-8-6-11-22(24)20-23-12-7-9-14-25(23)26/h6,8,11-14,20H,2-5,7,9-10,15-19,21H2,1H3,(H,28,29). The van der Waals surface area contributed by atoms with Gasteiger partial charge in [0.05, 0.1) is 19.8 Å². The first-order chi connectivity index (χ1) is 15.8. The molecule has 0 radical (unpaired) electrons. The van der Waals surface area contributed by atoms with E-state index in [2.05, 4.69) is 42.6 Å². The van der Waals surface area contributed by atoms with Gasteiger partial charge >= 0.3 is 6.09 Å². The van der Waals surface area contributed by atoms with Crippen LogP contribution in [0.4, 0.5) is 4.79 Å². The van der Waals surface area contributed by atoms with Crippen LogP contribution in [0.5, 0.6) is 0 Å². The molecule has 174 valence electrons. The third-order valence-electron chi connectivity index (χ3n) is 5.74. The number of carbonyl (C=O) groups is 1. The molecule has 2 aromatic carbocycles. The fraction of sp³-hybridized carbons (Fsp3) is 0.519. The van der Waals surface area contributed by atoms with Crippen LogP contribution in [0.25, 0.3) is 22.9 Å². The molecule has 1 amide bonds. The molecule has 0 spiro atoms. The van der Waals surface area contributed by atoms with Crippen molar-refractivity contribution in [3.05, 3.63) is 46.3 Å². The van der Waals surface area contributed by atoms with E-state index in [-0.39, 0.29) is 6.61 Å². The second-order valence-corrected chi connectivity index (χ2v) is 8.21. The molecule has 0 heterocycles. The number of ether oxygens (including phenoxy) is 3. The minimum Gasteiger partial charge on any atom is -0.445 e. The Kier molecular flexibility index (Phi) is 10.6. The van der Waals surface area contributed by atoms with E-state index in [1.54, 1.807) is 0 Å². The number of carbonyl (C=O) groups excluding carboxylic acids is 1. The van der Waals surface area contributed by atoms with Crippen LogP contribution >= 0.6 is 0 Å². The number of nitrogens with one attached hydrogen (secondary N) is 1. The Hall–Kier alpha value is -2.37. The van der Waals surface area contributed by atoms with Gasteiger partial charge in [-0.25, -0.2) is 4.79 Å². The second-order valence-electron chi connectivity index (χ2n) is 8.21. The first-order valence-corrected chi connectivity index (χ1v) is 12.1. The summed E-state index contributed by atoms with van der Waals surface area (Å²) in [6.07, 6.45) is 12.4. The molecule has 32 heavy (non-hydrogen) atoms. The van der Waals surface area contributed by atoms with Crippen molar-refractivity contribution in [2.24, 2.45) is 0 Å². The Morgan fingerprint density at radius 1 is 0.938 bits per heavy atom. The maximum Gasteiger partial charge on any atom is 0.407 e. The van der Waals surface area contributed by atoms with Crippen molar-refractivity contribution in [2.45, 2.75) is 58.5 Å². The normalized spacial score (nSPS) is 12.7. The van der Waals surface area contributed by atoms with Gasteiger partial charge in [-0.2, -0.15) is 0 Å². The lowest BCUT2D eigenvalue weighted by Crippen LogP contribution is -2.33. The number of hydrogen-bond acceptors (Lipinski definition) is 4. The highest BCUT2D eigenvalue weighted by atomic mass is 16.5. The molecular formula is C27H37NO4. The van der Waals surface area contributed by atoms with Gasteiger partial charge in [-0.1, -0.05) is 69.0 Å². The Bertz CT molecular complexity index is 970. The predicted molar refractivity (Wildman–Crippen MR) is 130 cm³/mol. The molecule has 0 atom stereocenters. The topological polar surface area (TPSA) is 56.8 Å². The number of unbranched alkanes of at least 4 members (excludes halogenated alkanes) is 4. The van der Waals surface area contributed by atoms with Crippen molar-refractivity contribution in [1.82, 2.24) is 5.32 Å². The molecule has 0 saturated heterocycles. The molecule has 5 nitrogen and oxygen atoms in total. The van der Waals surface area contributed by atoms with Crippen LogP contribution in [0.3, 0.4) is 0 Å². The highest BCUT2D eigenvalue weighted by Crippen LogP contribution is 2.16. The molecule has 2 aromatic rings. The van der Waals surface area contributed by atoms with Crippen LogP contribution in [0.15, 0.2) is 30.3 Å². The molecule has 0 unspecified atom stereocenters. The molecule has 0 aliphatic heterocycles. The lowest BCUT2D eigenvalue weighted by atomic mass is 9.97. The van der Waals surface area contributed by atoms with Gasteiger partial charge in [-0.05, 0) is 46.5 Å².